The number of alkyl halides is 3. The minimum Gasteiger partial charge on any atom is -0.463 e. The van der Waals surface area contributed by atoms with E-state index in [0.29, 0.717) is 26.3 Å². The van der Waals surface area contributed by atoms with Crippen LogP contribution in [0, 0.1) is 17.6 Å². The first-order valence-electron chi connectivity index (χ1n) is 12.3. The molecule has 1 N–H and O–H groups in total. The summed E-state index contributed by atoms with van der Waals surface area (Å²) in [5.74, 6) is -1.43. The first kappa shape index (κ1) is 24.3. The number of hydrogen-bond acceptors (Lipinski definition) is 6. The summed E-state index contributed by atoms with van der Waals surface area (Å²) in [6.45, 7) is 2.46. The highest BCUT2D eigenvalue weighted by molar-refractivity contribution is 5.95. The van der Waals surface area contributed by atoms with Crippen molar-refractivity contribution in [1.29, 1.82) is 0 Å². The summed E-state index contributed by atoms with van der Waals surface area (Å²) in [6.07, 6.45) is -2.16. The minimum atomic E-state index is -4.86. The van der Waals surface area contributed by atoms with Crippen LogP contribution < -0.4 is 15.0 Å². The van der Waals surface area contributed by atoms with Crippen molar-refractivity contribution in [2.24, 2.45) is 5.92 Å². The van der Waals surface area contributed by atoms with Crippen molar-refractivity contribution in [2.45, 2.75) is 37.5 Å². The van der Waals surface area contributed by atoms with E-state index < -0.39 is 28.9 Å². The number of rotatable bonds is 5. The maximum absolute atomic E-state index is 16.1. The molecule has 0 radical (unpaired) electrons. The number of piperazine rings is 1. The number of aromatic nitrogens is 2. The summed E-state index contributed by atoms with van der Waals surface area (Å²) in [7, 11) is 0. The van der Waals surface area contributed by atoms with Gasteiger partial charge in [-0.3, -0.25) is 0 Å². The number of fused-ring (bicyclic) bond motifs is 3. The molecule has 6 nitrogen and oxygen atoms in total. The summed E-state index contributed by atoms with van der Waals surface area (Å²) >= 11 is 0. The van der Waals surface area contributed by atoms with Crippen LogP contribution in [0.25, 0.3) is 22.0 Å². The molecule has 4 heterocycles. The van der Waals surface area contributed by atoms with E-state index in [2.05, 4.69) is 15.3 Å². The van der Waals surface area contributed by atoms with Gasteiger partial charge in [-0.15, -0.1) is 0 Å². The third-order valence-electron chi connectivity index (χ3n) is 7.32. The van der Waals surface area contributed by atoms with Gasteiger partial charge in [0.1, 0.15) is 17.2 Å². The minimum absolute atomic E-state index is 0.0338. The van der Waals surface area contributed by atoms with E-state index in [0.717, 1.165) is 49.6 Å². The van der Waals surface area contributed by atoms with Crippen molar-refractivity contribution >= 4 is 16.7 Å². The van der Waals surface area contributed by atoms with Gasteiger partial charge >= 0.3 is 12.2 Å². The molecule has 0 saturated carbocycles. The predicted molar refractivity (Wildman–Crippen MR) is 126 cm³/mol. The molecule has 11 heteroatoms. The lowest BCUT2D eigenvalue weighted by Gasteiger charge is -2.34. The summed E-state index contributed by atoms with van der Waals surface area (Å²) < 4.78 is 83.6. The number of benzene rings is 2. The Labute approximate surface area is 209 Å². The Morgan fingerprint density at radius 2 is 1.76 bits per heavy atom. The van der Waals surface area contributed by atoms with Gasteiger partial charge in [0.2, 0.25) is 0 Å². The van der Waals surface area contributed by atoms with Gasteiger partial charge in [0, 0.05) is 48.6 Å². The largest absolute Gasteiger partial charge is 0.463 e. The summed E-state index contributed by atoms with van der Waals surface area (Å²) in [6, 6.07) is 5.42. The topological polar surface area (TPSA) is 59.5 Å². The molecule has 3 fully saturated rings. The molecule has 3 aliphatic rings. The van der Waals surface area contributed by atoms with E-state index in [-0.39, 0.29) is 52.9 Å². The maximum atomic E-state index is 16.1. The summed E-state index contributed by atoms with van der Waals surface area (Å²) in [4.78, 5) is 10.6. The number of halogens is 5. The van der Waals surface area contributed by atoms with E-state index in [1.54, 1.807) is 0 Å². The molecule has 0 spiro atoms. The number of nitrogens with zero attached hydrogens (tertiary/aromatic N) is 3. The Balaban J connectivity index is 1.53. The fourth-order valence-electron chi connectivity index (χ4n) is 5.50. The van der Waals surface area contributed by atoms with Gasteiger partial charge in [-0.2, -0.15) is 23.1 Å². The normalized spacial score (nSPS) is 23.7. The zero-order chi connectivity index (χ0) is 25.7. The van der Waals surface area contributed by atoms with Crippen molar-refractivity contribution in [2.75, 3.05) is 37.8 Å². The molecule has 3 unspecified atom stereocenters. The molecule has 2 bridgehead atoms. The molecule has 6 rings (SSSR count). The molecule has 0 amide bonds. The lowest BCUT2D eigenvalue weighted by atomic mass is 9.96. The van der Waals surface area contributed by atoms with Crippen LogP contribution in [0.2, 0.25) is 0 Å². The predicted octanol–water partition coefficient (Wildman–Crippen LogP) is 4.95. The van der Waals surface area contributed by atoms with Crippen LogP contribution in [0.5, 0.6) is 6.01 Å². The van der Waals surface area contributed by atoms with Gasteiger partial charge in [0.05, 0.1) is 18.8 Å². The van der Waals surface area contributed by atoms with Gasteiger partial charge in [-0.25, -0.2) is 8.78 Å². The van der Waals surface area contributed by atoms with Crippen molar-refractivity contribution in [1.82, 2.24) is 15.3 Å². The van der Waals surface area contributed by atoms with Crippen molar-refractivity contribution in [3.8, 4) is 17.1 Å². The molecule has 2 aromatic carbocycles. The van der Waals surface area contributed by atoms with Gasteiger partial charge in [0.15, 0.2) is 5.82 Å². The highest BCUT2D eigenvalue weighted by Gasteiger charge is 2.39. The molecule has 37 heavy (non-hydrogen) atoms. The van der Waals surface area contributed by atoms with Gasteiger partial charge in [-0.1, -0.05) is 12.1 Å². The summed E-state index contributed by atoms with van der Waals surface area (Å²) in [5.41, 5.74) is -2.20. The van der Waals surface area contributed by atoms with Gasteiger partial charge in [-0.05, 0) is 43.0 Å². The smallest absolute Gasteiger partial charge is 0.417 e. The van der Waals surface area contributed by atoms with Crippen LogP contribution in [-0.2, 0) is 10.9 Å². The zero-order valence-corrected chi connectivity index (χ0v) is 19.8. The molecule has 1 aromatic heterocycles. The molecule has 3 aliphatic heterocycles. The van der Waals surface area contributed by atoms with E-state index in [4.69, 9.17) is 9.47 Å². The van der Waals surface area contributed by atoms with Crippen LogP contribution in [0.4, 0.5) is 27.8 Å². The van der Waals surface area contributed by atoms with Crippen LogP contribution in [-0.4, -0.2) is 55.0 Å². The Kier molecular flexibility index (Phi) is 6.15. The molecule has 3 atom stereocenters. The second-order valence-corrected chi connectivity index (χ2v) is 9.93. The average Bonchev–Trinajstić information content (AvgIpc) is 3.51. The fraction of sp³-hybridized carbons (Fsp3) is 0.462. The lowest BCUT2D eigenvalue weighted by Crippen LogP contribution is -2.51. The fourth-order valence-corrected chi connectivity index (χ4v) is 5.50. The second-order valence-electron chi connectivity index (χ2n) is 9.93. The Bertz CT molecular complexity index is 1300. The van der Waals surface area contributed by atoms with Crippen molar-refractivity contribution in [3.63, 3.8) is 0 Å². The first-order valence-corrected chi connectivity index (χ1v) is 12.3. The third kappa shape index (κ3) is 4.70. The highest BCUT2D eigenvalue weighted by atomic mass is 19.4. The van der Waals surface area contributed by atoms with Gasteiger partial charge in [0.25, 0.3) is 0 Å². The second kappa shape index (κ2) is 9.36. The molecule has 196 valence electrons. The number of nitrogens with one attached hydrogen (secondary N) is 1. The van der Waals surface area contributed by atoms with E-state index in [9.17, 15) is 17.6 Å². The Morgan fingerprint density at radius 1 is 1.03 bits per heavy atom. The number of ether oxygens (including phenoxy) is 2. The molecule has 0 aliphatic carbocycles. The molecule has 3 saturated heterocycles. The Morgan fingerprint density at radius 3 is 2.41 bits per heavy atom. The quantitative estimate of drug-likeness (QED) is 0.481. The van der Waals surface area contributed by atoms with Crippen LogP contribution >= 0.6 is 0 Å². The standard InChI is InChI=1S/C26H25F5N4O2/c27-16-3-1-15(2-4-16)21-20(26(29,30)31)9-19-23(22(21)28)33-25(37-13-14-7-8-36-12-14)34-24(19)35-10-17-5-6-18(11-35)32-17/h1-4,9,14,17-18,32H,5-8,10-13H2. The van der Waals surface area contributed by atoms with Gasteiger partial charge < -0.3 is 19.7 Å². The monoisotopic (exact) mass is 520 g/mol. The van der Waals surface area contributed by atoms with Crippen LogP contribution in [0.15, 0.2) is 30.3 Å². The highest BCUT2D eigenvalue weighted by Crippen LogP contribution is 2.43. The SMILES string of the molecule is Fc1ccc(-c2c(C(F)(F)F)cc3c(N4CC5CCC(C4)N5)nc(OCC4CCOC4)nc3c2F)cc1. The van der Waals surface area contributed by atoms with Crippen LogP contribution in [0.1, 0.15) is 24.8 Å². The van der Waals surface area contributed by atoms with E-state index in [1.807, 2.05) is 4.90 Å². The number of hydrogen-bond donors (Lipinski definition) is 1. The van der Waals surface area contributed by atoms with Crippen molar-refractivity contribution < 1.29 is 31.4 Å². The number of anilines is 1. The molecular weight excluding hydrogens is 495 g/mol. The first-order chi connectivity index (χ1) is 17.8. The molecule has 3 aromatic rings. The maximum Gasteiger partial charge on any atom is 0.417 e. The molecular formula is C26H25F5N4O2. The van der Waals surface area contributed by atoms with E-state index >= 15 is 4.39 Å². The van der Waals surface area contributed by atoms with Crippen LogP contribution in [0.3, 0.4) is 0 Å². The van der Waals surface area contributed by atoms with Crippen molar-refractivity contribution in [3.05, 3.63) is 47.5 Å². The third-order valence-corrected chi connectivity index (χ3v) is 7.32. The van der Waals surface area contributed by atoms with E-state index in [1.165, 1.54) is 0 Å². The average molecular weight is 521 g/mol. The lowest BCUT2D eigenvalue weighted by molar-refractivity contribution is -0.137. The summed E-state index contributed by atoms with van der Waals surface area (Å²) in [5, 5.41) is 3.45. The zero-order valence-electron chi connectivity index (χ0n) is 19.8. The Hall–Kier alpha value is -3.05.